The summed E-state index contributed by atoms with van der Waals surface area (Å²) >= 11 is 0. The Labute approximate surface area is 112 Å². The number of hydrogen-bond acceptors (Lipinski definition) is 4. The van der Waals surface area contributed by atoms with Crippen LogP contribution < -0.4 is 0 Å². The first kappa shape index (κ1) is 14.9. The smallest absolute Gasteiger partial charge is 0.303 e. The first-order valence-electron chi connectivity index (χ1n) is 5.87. The average Bonchev–Trinajstić information content (AvgIpc) is 2.38. The van der Waals surface area contributed by atoms with Crippen molar-refractivity contribution in [2.75, 3.05) is 7.11 Å². The minimum atomic E-state index is -0.926. The summed E-state index contributed by atoms with van der Waals surface area (Å²) < 4.78 is 9.83. The van der Waals surface area contributed by atoms with Crippen molar-refractivity contribution in [1.29, 1.82) is 0 Å². The van der Waals surface area contributed by atoms with E-state index < -0.39 is 18.0 Å². The Morgan fingerprint density at radius 3 is 2.37 bits per heavy atom. The Hall–Kier alpha value is -2.17. The maximum absolute atomic E-state index is 11.9. The van der Waals surface area contributed by atoms with Crippen molar-refractivity contribution >= 4 is 17.8 Å². The van der Waals surface area contributed by atoms with E-state index in [0.29, 0.717) is 6.42 Å². The van der Waals surface area contributed by atoms with Crippen molar-refractivity contribution < 1.29 is 19.1 Å². The number of benzene rings is 1. The topological polar surface area (TPSA) is 65.0 Å². The quantitative estimate of drug-likeness (QED) is 0.471. The molecule has 0 aliphatic carbocycles. The van der Waals surface area contributed by atoms with Crippen LogP contribution in [0.15, 0.2) is 35.3 Å². The number of hydrogen-bond donors (Lipinski definition) is 0. The summed E-state index contributed by atoms with van der Waals surface area (Å²) in [5, 5.41) is 0. The summed E-state index contributed by atoms with van der Waals surface area (Å²) in [6.07, 6.45) is -0.635. The van der Waals surface area contributed by atoms with Crippen LogP contribution in [0, 0.1) is 0 Å². The molecule has 1 atom stereocenters. The van der Waals surface area contributed by atoms with Gasteiger partial charge in [-0.3, -0.25) is 9.59 Å². The van der Waals surface area contributed by atoms with Crippen LogP contribution in [0.3, 0.4) is 0 Å². The van der Waals surface area contributed by atoms with Crippen molar-refractivity contribution in [3.63, 3.8) is 0 Å². The zero-order valence-electron chi connectivity index (χ0n) is 11.3. The van der Waals surface area contributed by atoms with Crippen molar-refractivity contribution in [2.45, 2.75) is 26.4 Å². The standard InChI is InChI=1S/C14H17NO4/c1-10(18-3)15-14(17)13(19-11(2)16)9-12-7-5-4-6-8-12/h4-8,13H,9H2,1-3H3/t13-/m0/s1. The van der Waals surface area contributed by atoms with Crippen LogP contribution >= 0.6 is 0 Å². The highest BCUT2D eigenvalue weighted by Crippen LogP contribution is 2.08. The molecule has 0 unspecified atom stereocenters. The molecular formula is C14H17NO4. The summed E-state index contributed by atoms with van der Waals surface area (Å²) in [4.78, 5) is 26.7. The molecular weight excluding hydrogens is 246 g/mol. The molecule has 0 fully saturated rings. The summed E-state index contributed by atoms with van der Waals surface area (Å²) in [6.45, 7) is 2.82. The van der Waals surface area contributed by atoms with Gasteiger partial charge in [-0.2, -0.15) is 4.99 Å². The largest absolute Gasteiger partial charge is 0.484 e. The van der Waals surface area contributed by atoms with Gasteiger partial charge < -0.3 is 9.47 Å². The van der Waals surface area contributed by atoms with Gasteiger partial charge in [0.05, 0.1) is 7.11 Å². The van der Waals surface area contributed by atoms with Crippen LogP contribution in [0.25, 0.3) is 0 Å². The van der Waals surface area contributed by atoms with Gasteiger partial charge in [0.25, 0.3) is 5.91 Å². The second kappa shape index (κ2) is 7.31. The predicted octanol–water partition coefficient (Wildman–Crippen LogP) is 1.75. The van der Waals surface area contributed by atoms with Crippen molar-refractivity contribution in [3.8, 4) is 0 Å². The summed E-state index contributed by atoms with van der Waals surface area (Å²) in [5.74, 6) is -0.812. The molecule has 0 N–H and O–H groups in total. The van der Waals surface area contributed by atoms with E-state index in [2.05, 4.69) is 4.99 Å². The van der Waals surface area contributed by atoms with Crippen molar-refractivity contribution in [1.82, 2.24) is 0 Å². The fraction of sp³-hybridized carbons (Fsp3) is 0.357. The van der Waals surface area contributed by atoms with E-state index >= 15 is 0 Å². The Morgan fingerprint density at radius 2 is 1.84 bits per heavy atom. The molecule has 0 aliphatic heterocycles. The monoisotopic (exact) mass is 263 g/mol. The molecule has 102 valence electrons. The van der Waals surface area contributed by atoms with Gasteiger partial charge in [-0.25, -0.2) is 0 Å². The number of nitrogens with zero attached hydrogens (tertiary/aromatic N) is 1. The number of aliphatic imine (C=N–C) groups is 1. The van der Waals surface area contributed by atoms with Crippen LogP contribution in [0.4, 0.5) is 0 Å². The summed E-state index contributed by atoms with van der Waals surface area (Å²) in [7, 11) is 1.42. The highest BCUT2D eigenvalue weighted by molar-refractivity contribution is 5.93. The number of rotatable bonds is 4. The van der Waals surface area contributed by atoms with Crippen LogP contribution in [0.2, 0.25) is 0 Å². The minimum Gasteiger partial charge on any atom is -0.484 e. The third kappa shape index (κ3) is 5.33. The predicted molar refractivity (Wildman–Crippen MR) is 70.8 cm³/mol. The third-order valence-electron chi connectivity index (χ3n) is 2.41. The molecule has 0 radical (unpaired) electrons. The van der Waals surface area contributed by atoms with Gasteiger partial charge in [-0.15, -0.1) is 0 Å². The zero-order chi connectivity index (χ0) is 14.3. The Bertz CT molecular complexity index is 468. The maximum Gasteiger partial charge on any atom is 0.303 e. The van der Waals surface area contributed by atoms with Crippen LogP contribution in [-0.2, 0) is 25.5 Å². The highest BCUT2D eigenvalue weighted by atomic mass is 16.5. The summed E-state index contributed by atoms with van der Waals surface area (Å²) in [5.41, 5.74) is 0.896. The van der Waals surface area contributed by atoms with E-state index in [-0.39, 0.29) is 5.90 Å². The molecule has 19 heavy (non-hydrogen) atoms. The molecule has 0 aliphatic rings. The molecule has 0 spiro atoms. The normalized spacial score (nSPS) is 12.7. The highest BCUT2D eigenvalue weighted by Gasteiger charge is 2.22. The lowest BCUT2D eigenvalue weighted by atomic mass is 10.1. The SMILES string of the molecule is COC(C)=NC(=O)[C@H](Cc1ccccc1)OC(C)=O. The maximum atomic E-state index is 11.9. The molecule has 0 bridgehead atoms. The Morgan fingerprint density at radius 1 is 1.21 bits per heavy atom. The van der Waals surface area contributed by atoms with Crippen molar-refractivity contribution in [2.24, 2.45) is 4.99 Å². The van der Waals surface area contributed by atoms with Gasteiger partial charge in [0.1, 0.15) is 0 Å². The summed E-state index contributed by atoms with van der Waals surface area (Å²) in [6, 6.07) is 9.30. The lowest BCUT2D eigenvalue weighted by Crippen LogP contribution is -2.28. The van der Waals surface area contributed by atoms with E-state index in [9.17, 15) is 9.59 Å². The number of esters is 1. The van der Waals surface area contributed by atoms with E-state index in [0.717, 1.165) is 5.56 Å². The van der Waals surface area contributed by atoms with Crippen LogP contribution in [-0.4, -0.2) is 31.0 Å². The molecule has 0 aromatic heterocycles. The van der Waals surface area contributed by atoms with E-state index in [1.54, 1.807) is 6.92 Å². The Kier molecular flexibility index (Phi) is 5.73. The first-order chi connectivity index (χ1) is 9.02. The molecule has 1 aromatic carbocycles. The van der Waals surface area contributed by atoms with E-state index in [1.165, 1.54) is 14.0 Å². The lowest BCUT2D eigenvalue weighted by Gasteiger charge is -2.13. The molecule has 1 rings (SSSR count). The first-order valence-corrected chi connectivity index (χ1v) is 5.87. The fourth-order valence-corrected chi connectivity index (χ4v) is 1.48. The molecule has 5 nitrogen and oxygen atoms in total. The third-order valence-corrected chi connectivity index (χ3v) is 2.41. The fourth-order valence-electron chi connectivity index (χ4n) is 1.48. The number of methoxy groups -OCH3 is 1. The van der Waals surface area contributed by atoms with Gasteiger partial charge in [0.15, 0.2) is 12.0 Å². The van der Waals surface area contributed by atoms with E-state index in [4.69, 9.17) is 9.47 Å². The minimum absolute atomic E-state index is 0.232. The molecule has 1 aromatic rings. The van der Waals surface area contributed by atoms with Crippen LogP contribution in [0.5, 0.6) is 0 Å². The van der Waals surface area contributed by atoms with Gasteiger partial charge in [-0.1, -0.05) is 30.3 Å². The molecule has 0 saturated heterocycles. The number of ether oxygens (including phenoxy) is 2. The number of amides is 1. The van der Waals surface area contributed by atoms with Crippen LogP contribution in [0.1, 0.15) is 19.4 Å². The Balaban J connectivity index is 2.83. The lowest BCUT2D eigenvalue weighted by molar-refractivity contribution is -0.152. The second-order valence-corrected chi connectivity index (χ2v) is 3.96. The zero-order valence-corrected chi connectivity index (χ0v) is 11.3. The van der Waals surface area contributed by atoms with Gasteiger partial charge in [-0.05, 0) is 5.56 Å². The van der Waals surface area contributed by atoms with Gasteiger partial charge in [0.2, 0.25) is 0 Å². The molecule has 1 amide bonds. The van der Waals surface area contributed by atoms with Gasteiger partial charge >= 0.3 is 5.97 Å². The molecule has 5 heteroatoms. The number of carbonyl (C=O) groups excluding carboxylic acids is 2. The molecule has 0 saturated carbocycles. The van der Waals surface area contributed by atoms with E-state index in [1.807, 2.05) is 30.3 Å². The second-order valence-electron chi connectivity index (χ2n) is 3.96. The van der Waals surface area contributed by atoms with Crippen molar-refractivity contribution in [3.05, 3.63) is 35.9 Å². The van der Waals surface area contributed by atoms with Gasteiger partial charge in [0, 0.05) is 20.3 Å². The number of carbonyl (C=O) groups is 2. The molecule has 0 heterocycles. The average molecular weight is 263 g/mol.